The summed E-state index contributed by atoms with van der Waals surface area (Å²) in [6.07, 6.45) is 2.92. The fourth-order valence-electron chi connectivity index (χ4n) is 1.61. The normalized spacial score (nSPS) is 11.6. The van der Waals surface area contributed by atoms with Crippen LogP contribution in [0.1, 0.15) is 0 Å². The highest BCUT2D eigenvalue weighted by molar-refractivity contribution is 7.89. The van der Waals surface area contributed by atoms with Crippen molar-refractivity contribution in [2.45, 2.75) is 4.90 Å². The maximum Gasteiger partial charge on any atom is 0.244 e. The minimum Gasteiger partial charge on any atom is -0.453 e. The number of nitrogens with zero attached hydrogens (tertiary/aromatic N) is 2. The molecule has 1 aromatic heterocycles. The van der Waals surface area contributed by atoms with Crippen molar-refractivity contribution in [3.8, 4) is 11.5 Å². The van der Waals surface area contributed by atoms with Crippen molar-refractivity contribution in [3.05, 3.63) is 41.7 Å². The molecule has 0 spiro atoms. The van der Waals surface area contributed by atoms with Gasteiger partial charge in [-0.3, -0.25) is 4.98 Å². The lowest BCUT2D eigenvalue weighted by atomic mass is 10.3. The molecule has 2 N–H and O–H groups in total. The van der Waals surface area contributed by atoms with E-state index in [4.69, 9.17) is 22.1 Å². The molecule has 0 radical (unpaired) electrons. The second kappa shape index (κ2) is 5.88. The van der Waals surface area contributed by atoms with E-state index in [0.717, 1.165) is 4.31 Å². The fourth-order valence-corrected chi connectivity index (χ4v) is 2.80. The first kappa shape index (κ1) is 15.6. The summed E-state index contributed by atoms with van der Waals surface area (Å²) < 4.78 is 31.0. The van der Waals surface area contributed by atoms with Crippen LogP contribution in [0.5, 0.6) is 11.5 Å². The van der Waals surface area contributed by atoms with Gasteiger partial charge in [0.05, 0.1) is 16.9 Å². The molecule has 21 heavy (non-hydrogen) atoms. The average Bonchev–Trinajstić information content (AvgIpc) is 2.41. The summed E-state index contributed by atoms with van der Waals surface area (Å²) in [6, 6.07) is 6.11. The molecule has 0 amide bonds. The number of para-hydroxylation sites is 1. The Hall–Kier alpha value is -1.83. The molecule has 6 nitrogen and oxygen atoms in total. The van der Waals surface area contributed by atoms with Crippen LogP contribution >= 0.6 is 11.6 Å². The Morgan fingerprint density at radius 1 is 1.29 bits per heavy atom. The zero-order valence-electron chi connectivity index (χ0n) is 11.4. The smallest absolute Gasteiger partial charge is 0.244 e. The lowest BCUT2D eigenvalue weighted by Gasteiger charge is -2.15. The Labute approximate surface area is 128 Å². The van der Waals surface area contributed by atoms with Gasteiger partial charge in [-0.2, -0.15) is 0 Å². The summed E-state index contributed by atoms with van der Waals surface area (Å²) in [7, 11) is -0.776. The van der Waals surface area contributed by atoms with Crippen molar-refractivity contribution in [1.82, 2.24) is 9.29 Å². The van der Waals surface area contributed by atoms with Gasteiger partial charge in [-0.1, -0.05) is 17.7 Å². The molecular formula is C13H14ClN3O3S. The summed E-state index contributed by atoms with van der Waals surface area (Å²) in [6.45, 7) is 0. The number of halogens is 1. The van der Waals surface area contributed by atoms with Gasteiger partial charge in [-0.15, -0.1) is 0 Å². The van der Waals surface area contributed by atoms with Crippen molar-refractivity contribution >= 4 is 27.3 Å². The van der Waals surface area contributed by atoms with Crippen LogP contribution < -0.4 is 10.5 Å². The van der Waals surface area contributed by atoms with Crippen LogP contribution in [-0.4, -0.2) is 31.8 Å². The lowest BCUT2D eigenvalue weighted by molar-refractivity contribution is 0.480. The molecule has 0 bridgehead atoms. The fraction of sp³-hybridized carbons (Fsp3) is 0.154. The molecule has 0 saturated carbocycles. The van der Waals surface area contributed by atoms with Crippen molar-refractivity contribution in [3.63, 3.8) is 0 Å². The molecule has 0 aliphatic rings. The number of ether oxygens (including phenoxy) is 1. The maximum absolute atomic E-state index is 12.2. The SMILES string of the molecule is CN(C)S(=O)(=O)c1cccc(Oc2cncc(Cl)c2)c1N. The van der Waals surface area contributed by atoms with Gasteiger partial charge in [-0.25, -0.2) is 12.7 Å². The number of benzene rings is 1. The number of pyridine rings is 1. The number of anilines is 1. The third kappa shape index (κ3) is 3.26. The van der Waals surface area contributed by atoms with E-state index < -0.39 is 10.0 Å². The van der Waals surface area contributed by atoms with E-state index in [1.165, 1.54) is 32.6 Å². The highest BCUT2D eigenvalue weighted by Crippen LogP contribution is 2.33. The monoisotopic (exact) mass is 327 g/mol. The van der Waals surface area contributed by atoms with Gasteiger partial charge < -0.3 is 10.5 Å². The van der Waals surface area contributed by atoms with Crippen LogP contribution in [0.25, 0.3) is 0 Å². The number of sulfonamides is 1. The van der Waals surface area contributed by atoms with Gasteiger partial charge in [0.25, 0.3) is 0 Å². The second-order valence-electron chi connectivity index (χ2n) is 4.40. The lowest BCUT2D eigenvalue weighted by Crippen LogP contribution is -2.23. The number of aromatic nitrogens is 1. The summed E-state index contributed by atoms with van der Waals surface area (Å²) in [5.74, 6) is 0.593. The molecule has 112 valence electrons. The third-order valence-corrected chi connectivity index (χ3v) is 4.77. The third-order valence-electron chi connectivity index (χ3n) is 2.69. The predicted molar refractivity (Wildman–Crippen MR) is 81.0 cm³/mol. The van der Waals surface area contributed by atoms with Gasteiger partial charge in [0.2, 0.25) is 10.0 Å². The molecule has 0 atom stereocenters. The van der Waals surface area contributed by atoms with E-state index in [9.17, 15) is 8.42 Å². The van der Waals surface area contributed by atoms with E-state index in [2.05, 4.69) is 4.98 Å². The van der Waals surface area contributed by atoms with Crippen molar-refractivity contribution in [2.75, 3.05) is 19.8 Å². The first-order chi connectivity index (χ1) is 9.82. The topological polar surface area (TPSA) is 85.5 Å². The number of rotatable bonds is 4. The highest BCUT2D eigenvalue weighted by Gasteiger charge is 2.22. The molecule has 0 aliphatic carbocycles. The Morgan fingerprint density at radius 2 is 2.00 bits per heavy atom. The zero-order valence-corrected chi connectivity index (χ0v) is 13.0. The number of hydrogen-bond acceptors (Lipinski definition) is 5. The zero-order chi connectivity index (χ0) is 15.6. The molecule has 1 heterocycles. The van der Waals surface area contributed by atoms with Crippen LogP contribution in [0.2, 0.25) is 5.02 Å². The number of hydrogen-bond donors (Lipinski definition) is 1. The molecular weight excluding hydrogens is 314 g/mol. The van der Waals surface area contributed by atoms with Crippen LogP contribution in [0, 0.1) is 0 Å². The minimum absolute atomic E-state index is 0.0139. The van der Waals surface area contributed by atoms with Gasteiger partial charge >= 0.3 is 0 Å². The molecule has 0 unspecified atom stereocenters. The largest absolute Gasteiger partial charge is 0.453 e. The van der Waals surface area contributed by atoms with Gasteiger partial charge in [0, 0.05) is 26.4 Å². The first-order valence-corrected chi connectivity index (χ1v) is 7.73. The van der Waals surface area contributed by atoms with Gasteiger partial charge in [0.15, 0.2) is 5.75 Å². The second-order valence-corrected chi connectivity index (χ2v) is 6.95. The number of nitrogen functional groups attached to an aromatic ring is 1. The Kier molecular flexibility index (Phi) is 4.36. The first-order valence-electron chi connectivity index (χ1n) is 5.92. The van der Waals surface area contributed by atoms with Crippen molar-refractivity contribution < 1.29 is 13.2 Å². The van der Waals surface area contributed by atoms with Crippen LogP contribution in [0.4, 0.5) is 5.69 Å². The molecule has 8 heteroatoms. The summed E-state index contributed by atoms with van der Waals surface area (Å²) in [4.78, 5) is 3.87. The van der Waals surface area contributed by atoms with E-state index in [0.29, 0.717) is 10.8 Å². The van der Waals surface area contributed by atoms with Crippen molar-refractivity contribution in [2.24, 2.45) is 0 Å². The Morgan fingerprint density at radius 3 is 2.62 bits per heavy atom. The van der Waals surface area contributed by atoms with E-state index in [1.807, 2.05) is 0 Å². The Bertz CT molecular complexity index is 763. The summed E-state index contributed by atoms with van der Waals surface area (Å²) >= 11 is 5.82. The minimum atomic E-state index is -3.64. The van der Waals surface area contributed by atoms with Crippen LogP contribution in [0.15, 0.2) is 41.6 Å². The van der Waals surface area contributed by atoms with E-state index in [1.54, 1.807) is 18.2 Å². The quantitative estimate of drug-likeness (QED) is 0.871. The summed E-state index contributed by atoms with van der Waals surface area (Å²) in [5.41, 5.74) is 5.94. The molecule has 0 saturated heterocycles. The Balaban J connectivity index is 2.44. The van der Waals surface area contributed by atoms with Crippen LogP contribution in [0.3, 0.4) is 0 Å². The molecule has 0 aliphatic heterocycles. The highest BCUT2D eigenvalue weighted by atomic mass is 35.5. The van der Waals surface area contributed by atoms with E-state index in [-0.39, 0.29) is 16.3 Å². The maximum atomic E-state index is 12.2. The average molecular weight is 328 g/mol. The number of nitrogens with two attached hydrogens (primary N) is 1. The molecule has 2 aromatic rings. The van der Waals surface area contributed by atoms with Crippen LogP contribution in [-0.2, 0) is 10.0 Å². The van der Waals surface area contributed by atoms with Crippen molar-refractivity contribution in [1.29, 1.82) is 0 Å². The van der Waals surface area contributed by atoms with Gasteiger partial charge in [0.1, 0.15) is 10.6 Å². The standard InChI is InChI=1S/C13H14ClN3O3S/c1-17(2)21(18,19)12-5-3-4-11(13(12)15)20-10-6-9(14)7-16-8-10/h3-8H,15H2,1-2H3. The predicted octanol–water partition coefficient (Wildman–Crippen LogP) is 2.36. The molecule has 1 aromatic carbocycles. The van der Waals surface area contributed by atoms with E-state index >= 15 is 0 Å². The summed E-state index contributed by atoms with van der Waals surface area (Å²) in [5, 5.41) is 0.406. The molecule has 0 fully saturated rings. The molecule has 2 rings (SSSR count). The van der Waals surface area contributed by atoms with Gasteiger partial charge in [-0.05, 0) is 12.1 Å².